The van der Waals surface area contributed by atoms with Crippen LogP contribution in [0.25, 0.3) is 0 Å². The quantitative estimate of drug-likeness (QED) is 0.865. The van der Waals surface area contributed by atoms with Gasteiger partial charge in [-0.1, -0.05) is 12.1 Å². The summed E-state index contributed by atoms with van der Waals surface area (Å²) in [7, 11) is -5.36. The molecule has 0 saturated heterocycles. The van der Waals surface area contributed by atoms with Gasteiger partial charge in [0.15, 0.2) is 0 Å². The Morgan fingerprint density at radius 3 is 2.67 bits per heavy atom. The van der Waals surface area contributed by atoms with E-state index < -0.39 is 15.5 Å². The zero-order valence-corrected chi connectivity index (χ0v) is 10.0. The largest absolute Gasteiger partial charge is 0.516 e. The summed E-state index contributed by atoms with van der Waals surface area (Å²) >= 11 is 0. The molecule has 2 rings (SSSR count). The Kier molecular flexibility index (Phi) is 3.24. The summed E-state index contributed by atoms with van der Waals surface area (Å²) in [5, 5.41) is 2.99. The van der Waals surface area contributed by atoms with E-state index in [-0.39, 0.29) is 5.69 Å². The summed E-state index contributed by atoms with van der Waals surface area (Å²) in [6.07, 6.45) is 0.664. The molecule has 1 aliphatic rings. The Labute approximate surface area is 102 Å². The molecule has 0 radical (unpaired) electrons. The molecule has 1 aromatic carbocycles. The van der Waals surface area contributed by atoms with Crippen LogP contribution in [0.5, 0.6) is 0 Å². The van der Waals surface area contributed by atoms with Crippen LogP contribution in [0.2, 0.25) is 0 Å². The van der Waals surface area contributed by atoms with E-state index in [2.05, 4.69) is 5.32 Å². The highest BCUT2D eigenvalue weighted by Crippen LogP contribution is 2.29. The van der Waals surface area contributed by atoms with Crippen LogP contribution in [0.1, 0.15) is 11.1 Å². The Morgan fingerprint density at radius 2 is 2.00 bits per heavy atom. The van der Waals surface area contributed by atoms with Crippen molar-refractivity contribution < 1.29 is 21.6 Å². The fraction of sp³-hybridized carbons (Fsp3) is 0.400. The Morgan fingerprint density at radius 1 is 1.28 bits per heavy atom. The molecule has 0 aromatic heterocycles. The van der Waals surface area contributed by atoms with Crippen LogP contribution in [-0.4, -0.2) is 20.5 Å². The first kappa shape index (κ1) is 13.2. The SMILES string of the molecule is O=S(=O)(Nc1cccc2c1CNCC2)C(F)(F)F. The number of alkyl halides is 3. The van der Waals surface area contributed by atoms with Crippen molar-refractivity contribution in [2.75, 3.05) is 11.3 Å². The standard InChI is InChI=1S/C10H11F3N2O2S/c11-10(12,13)18(16,17)15-9-3-1-2-7-4-5-14-6-8(7)9/h1-3,14-15H,4-6H2. The molecule has 0 spiro atoms. The lowest BCUT2D eigenvalue weighted by Gasteiger charge is -2.21. The van der Waals surface area contributed by atoms with Gasteiger partial charge in [0.05, 0.1) is 5.69 Å². The molecule has 0 unspecified atom stereocenters. The average molecular weight is 280 g/mol. The van der Waals surface area contributed by atoms with E-state index in [1.807, 2.05) is 0 Å². The number of fused-ring (bicyclic) bond motifs is 1. The fourth-order valence-electron chi connectivity index (χ4n) is 1.81. The minimum atomic E-state index is -5.36. The maximum absolute atomic E-state index is 12.3. The molecular formula is C10H11F3N2O2S. The molecule has 4 nitrogen and oxygen atoms in total. The Bertz CT molecular complexity index is 555. The zero-order chi connectivity index (χ0) is 13.4. The van der Waals surface area contributed by atoms with Gasteiger partial charge >= 0.3 is 15.5 Å². The zero-order valence-electron chi connectivity index (χ0n) is 9.21. The van der Waals surface area contributed by atoms with Crippen LogP contribution in [0.4, 0.5) is 18.9 Å². The summed E-state index contributed by atoms with van der Waals surface area (Å²) in [6, 6.07) is 4.65. The number of hydrogen-bond acceptors (Lipinski definition) is 3. The van der Waals surface area contributed by atoms with Crippen molar-refractivity contribution >= 4 is 15.7 Å². The molecule has 0 aliphatic carbocycles. The number of hydrogen-bond donors (Lipinski definition) is 2. The number of anilines is 1. The third kappa shape index (κ3) is 2.44. The third-order valence-corrected chi connectivity index (χ3v) is 3.79. The van der Waals surface area contributed by atoms with Crippen LogP contribution in [0.15, 0.2) is 18.2 Å². The number of halogens is 3. The number of nitrogens with one attached hydrogen (secondary N) is 2. The lowest BCUT2D eigenvalue weighted by molar-refractivity contribution is -0.0429. The second kappa shape index (κ2) is 4.43. The minimum absolute atomic E-state index is 0.0166. The van der Waals surface area contributed by atoms with E-state index in [1.54, 1.807) is 16.9 Å². The van der Waals surface area contributed by atoms with Crippen LogP contribution in [-0.2, 0) is 23.0 Å². The van der Waals surface area contributed by atoms with E-state index >= 15 is 0 Å². The molecule has 0 bridgehead atoms. The van der Waals surface area contributed by atoms with Crippen LogP contribution in [0, 0.1) is 0 Å². The molecule has 1 aliphatic heterocycles. The molecule has 0 fully saturated rings. The molecule has 0 atom stereocenters. The highest BCUT2D eigenvalue weighted by Gasteiger charge is 2.46. The molecular weight excluding hydrogens is 269 g/mol. The van der Waals surface area contributed by atoms with Crippen molar-refractivity contribution in [2.45, 2.75) is 18.5 Å². The Hall–Kier alpha value is -1.28. The van der Waals surface area contributed by atoms with Gasteiger partial charge in [-0.3, -0.25) is 4.72 Å². The Balaban J connectivity index is 2.36. The average Bonchev–Trinajstić information content (AvgIpc) is 2.27. The lowest BCUT2D eigenvalue weighted by atomic mass is 10.00. The molecule has 8 heteroatoms. The first-order chi connectivity index (χ1) is 8.31. The molecule has 1 heterocycles. The van der Waals surface area contributed by atoms with E-state index in [9.17, 15) is 21.6 Å². The topological polar surface area (TPSA) is 58.2 Å². The van der Waals surface area contributed by atoms with E-state index in [0.29, 0.717) is 18.5 Å². The van der Waals surface area contributed by atoms with Gasteiger partial charge in [-0.15, -0.1) is 0 Å². The predicted octanol–water partition coefficient (Wildman–Crippen LogP) is 1.59. The highest BCUT2D eigenvalue weighted by atomic mass is 32.2. The van der Waals surface area contributed by atoms with Gasteiger partial charge in [0, 0.05) is 6.54 Å². The van der Waals surface area contributed by atoms with Crippen molar-refractivity contribution in [1.82, 2.24) is 5.32 Å². The summed E-state index contributed by atoms with van der Waals surface area (Å²) < 4.78 is 60.6. The van der Waals surface area contributed by atoms with E-state index in [1.165, 1.54) is 6.07 Å². The molecule has 18 heavy (non-hydrogen) atoms. The monoisotopic (exact) mass is 280 g/mol. The molecule has 1 aromatic rings. The van der Waals surface area contributed by atoms with Gasteiger partial charge in [0.1, 0.15) is 0 Å². The van der Waals surface area contributed by atoms with Crippen molar-refractivity contribution in [2.24, 2.45) is 0 Å². The van der Waals surface area contributed by atoms with Crippen LogP contribution in [0.3, 0.4) is 0 Å². The van der Waals surface area contributed by atoms with Gasteiger partial charge in [-0.25, -0.2) is 0 Å². The number of rotatable bonds is 2. The number of benzene rings is 1. The van der Waals surface area contributed by atoms with E-state index in [4.69, 9.17) is 0 Å². The first-order valence-corrected chi connectivity index (χ1v) is 6.70. The van der Waals surface area contributed by atoms with Gasteiger partial charge in [0.25, 0.3) is 0 Å². The minimum Gasteiger partial charge on any atom is -0.312 e. The summed E-state index contributed by atoms with van der Waals surface area (Å²) in [4.78, 5) is 0. The third-order valence-electron chi connectivity index (χ3n) is 2.69. The first-order valence-electron chi connectivity index (χ1n) is 5.22. The normalized spacial score (nSPS) is 16.2. The lowest BCUT2D eigenvalue weighted by Crippen LogP contribution is -2.31. The predicted molar refractivity (Wildman–Crippen MR) is 60.5 cm³/mol. The van der Waals surface area contributed by atoms with Gasteiger partial charge in [-0.05, 0) is 30.2 Å². The van der Waals surface area contributed by atoms with Crippen molar-refractivity contribution in [3.05, 3.63) is 29.3 Å². The van der Waals surface area contributed by atoms with Gasteiger partial charge in [-0.2, -0.15) is 21.6 Å². The second-order valence-corrected chi connectivity index (χ2v) is 5.60. The summed E-state index contributed by atoms with van der Waals surface area (Å²) in [5.41, 5.74) is -3.90. The maximum atomic E-state index is 12.3. The van der Waals surface area contributed by atoms with E-state index in [0.717, 1.165) is 12.1 Å². The van der Waals surface area contributed by atoms with Gasteiger partial charge < -0.3 is 5.32 Å². The maximum Gasteiger partial charge on any atom is 0.516 e. The second-order valence-electron chi connectivity index (χ2n) is 3.92. The summed E-state index contributed by atoms with van der Waals surface area (Å²) in [5.74, 6) is 0. The van der Waals surface area contributed by atoms with Gasteiger partial charge in [0.2, 0.25) is 0 Å². The molecule has 2 N–H and O–H groups in total. The van der Waals surface area contributed by atoms with Crippen molar-refractivity contribution in [1.29, 1.82) is 0 Å². The van der Waals surface area contributed by atoms with Crippen LogP contribution >= 0.6 is 0 Å². The molecule has 0 saturated carbocycles. The molecule has 100 valence electrons. The fourth-order valence-corrected chi connectivity index (χ4v) is 2.41. The smallest absolute Gasteiger partial charge is 0.312 e. The van der Waals surface area contributed by atoms with Crippen molar-refractivity contribution in [3.8, 4) is 0 Å². The van der Waals surface area contributed by atoms with Crippen LogP contribution < -0.4 is 10.0 Å². The highest BCUT2D eigenvalue weighted by molar-refractivity contribution is 7.93. The molecule has 0 amide bonds. The number of sulfonamides is 1. The van der Waals surface area contributed by atoms with Crippen molar-refractivity contribution in [3.63, 3.8) is 0 Å². The summed E-state index contributed by atoms with van der Waals surface area (Å²) in [6.45, 7) is 1.08.